The number of aromatic nitrogens is 3. The average molecular weight is 293 g/mol. The zero-order valence-corrected chi connectivity index (χ0v) is 11.9. The van der Waals surface area contributed by atoms with Crippen LogP contribution in [0.25, 0.3) is 0 Å². The van der Waals surface area contributed by atoms with Crippen molar-refractivity contribution in [2.45, 2.75) is 13.2 Å². The lowest BCUT2D eigenvalue weighted by Gasteiger charge is -2.06. The number of carbonyl (C=O) groups is 1. The van der Waals surface area contributed by atoms with E-state index in [4.69, 9.17) is 4.74 Å². The monoisotopic (exact) mass is 293 g/mol. The van der Waals surface area contributed by atoms with E-state index in [9.17, 15) is 4.79 Å². The van der Waals surface area contributed by atoms with Gasteiger partial charge in [0.25, 0.3) is 0 Å². The summed E-state index contributed by atoms with van der Waals surface area (Å²) in [5.74, 6) is -0.351. The first kappa shape index (κ1) is 14.0. The minimum atomic E-state index is -0.351. The first-order valence-corrected chi connectivity index (χ1v) is 6.95. The number of hydrogen-bond acceptors (Lipinski definition) is 4. The van der Waals surface area contributed by atoms with Crippen LogP contribution in [0.5, 0.6) is 0 Å². The topological polar surface area (TPSA) is 57.0 Å². The third kappa shape index (κ3) is 3.58. The molecule has 0 fully saturated rings. The van der Waals surface area contributed by atoms with Crippen molar-refractivity contribution in [3.8, 4) is 0 Å². The van der Waals surface area contributed by atoms with Crippen LogP contribution < -0.4 is 0 Å². The zero-order chi connectivity index (χ0) is 15.2. The molecule has 0 radical (unpaired) electrons. The van der Waals surface area contributed by atoms with E-state index in [1.165, 1.54) is 0 Å². The quantitative estimate of drug-likeness (QED) is 0.679. The molecule has 2 aromatic heterocycles. The van der Waals surface area contributed by atoms with Gasteiger partial charge in [0.05, 0.1) is 17.8 Å². The van der Waals surface area contributed by atoms with Gasteiger partial charge in [-0.1, -0.05) is 18.2 Å². The molecule has 0 spiro atoms. The minimum Gasteiger partial charge on any atom is -0.456 e. The van der Waals surface area contributed by atoms with Gasteiger partial charge in [-0.2, -0.15) is 5.10 Å². The molecule has 0 N–H and O–H groups in total. The normalized spacial score (nSPS) is 10.4. The minimum absolute atomic E-state index is 0.175. The standard InChI is InChI=1S/C17H15N3O2/c21-17(22-13-16-4-1-2-9-18-16)15-7-5-14(6-8-15)12-20-11-3-10-19-20/h1-11H,12-13H2. The summed E-state index contributed by atoms with van der Waals surface area (Å²) in [5.41, 5.74) is 2.33. The summed E-state index contributed by atoms with van der Waals surface area (Å²) in [4.78, 5) is 16.1. The SMILES string of the molecule is O=C(OCc1ccccn1)c1ccc(Cn2cccn2)cc1. The first-order chi connectivity index (χ1) is 10.8. The van der Waals surface area contributed by atoms with Crippen LogP contribution in [0.4, 0.5) is 0 Å². The second kappa shape index (κ2) is 6.67. The smallest absolute Gasteiger partial charge is 0.338 e. The van der Waals surface area contributed by atoms with Crippen LogP contribution in [-0.4, -0.2) is 20.7 Å². The van der Waals surface area contributed by atoms with Crippen LogP contribution in [0.15, 0.2) is 67.1 Å². The zero-order valence-electron chi connectivity index (χ0n) is 11.9. The Morgan fingerprint density at radius 1 is 1.05 bits per heavy atom. The maximum absolute atomic E-state index is 12.0. The largest absolute Gasteiger partial charge is 0.456 e. The van der Waals surface area contributed by atoms with Crippen LogP contribution >= 0.6 is 0 Å². The van der Waals surface area contributed by atoms with Gasteiger partial charge in [0.1, 0.15) is 6.61 Å². The highest BCUT2D eigenvalue weighted by atomic mass is 16.5. The molecule has 0 atom stereocenters. The van der Waals surface area contributed by atoms with Gasteiger partial charge in [-0.25, -0.2) is 4.79 Å². The molecule has 2 heterocycles. The highest BCUT2D eigenvalue weighted by Gasteiger charge is 2.07. The van der Waals surface area contributed by atoms with Crippen LogP contribution in [0.3, 0.4) is 0 Å². The molecule has 1 aromatic carbocycles. The van der Waals surface area contributed by atoms with Crippen LogP contribution in [0, 0.1) is 0 Å². The van der Waals surface area contributed by atoms with Gasteiger partial charge in [0.2, 0.25) is 0 Å². The fourth-order valence-corrected chi connectivity index (χ4v) is 2.03. The van der Waals surface area contributed by atoms with Gasteiger partial charge in [0, 0.05) is 18.6 Å². The summed E-state index contributed by atoms with van der Waals surface area (Å²) in [6.07, 6.45) is 5.31. The van der Waals surface area contributed by atoms with Crippen molar-refractivity contribution in [2.24, 2.45) is 0 Å². The third-order valence-corrected chi connectivity index (χ3v) is 3.17. The molecule has 0 bridgehead atoms. The molecule has 110 valence electrons. The average Bonchev–Trinajstić information content (AvgIpc) is 3.07. The Hall–Kier alpha value is -2.95. The van der Waals surface area contributed by atoms with E-state index in [1.54, 1.807) is 24.5 Å². The third-order valence-electron chi connectivity index (χ3n) is 3.17. The number of esters is 1. The predicted octanol–water partition coefficient (Wildman–Crippen LogP) is 2.68. The molecular formula is C17H15N3O2. The molecule has 0 aliphatic carbocycles. The highest BCUT2D eigenvalue weighted by molar-refractivity contribution is 5.89. The predicted molar refractivity (Wildman–Crippen MR) is 81.1 cm³/mol. The molecule has 0 aliphatic heterocycles. The Morgan fingerprint density at radius 2 is 1.91 bits per heavy atom. The Kier molecular flexibility index (Phi) is 4.25. The lowest BCUT2D eigenvalue weighted by atomic mass is 10.1. The first-order valence-electron chi connectivity index (χ1n) is 6.95. The summed E-state index contributed by atoms with van der Waals surface area (Å²) in [5, 5.41) is 4.15. The molecule has 0 saturated heterocycles. The van der Waals surface area contributed by atoms with Crippen molar-refractivity contribution in [1.29, 1.82) is 0 Å². The lowest BCUT2D eigenvalue weighted by Crippen LogP contribution is -2.06. The van der Waals surface area contributed by atoms with Gasteiger partial charge >= 0.3 is 5.97 Å². The molecule has 3 aromatic rings. The number of hydrogen-bond donors (Lipinski definition) is 0. The molecule has 5 nitrogen and oxygen atoms in total. The van der Waals surface area contributed by atoms with E-state index < -0.39 is 0 Å². The Bertz CT molecular complexity index is 722. The summed E-state index contributed by atoms with van der Waals surface area (Å²) in [6.45, 7) is 0.852. The molecule has 3 rings (SSSR count). The molecule has 5 heteroatoms. The van der Waals surface area contributed by atoms with Crippen molar-refractivity contribution in [3.63, 3.8) is 0 Å². The number of benzene rings is 1. The molecule has 0 unspecified atom stereocenters. The number of nitrogens with zero attached hydrogens (tertiary/aromatic N) is 3. The Labute approximate surface area is 128 Å². The molecule has 22 heavy (non-hydrogen) atoms. The number of ether oxygens (including phenoxy) is 1. The van der Waals surface area contributed by atoms with E-state index in [0.29, 0.717) is 12.1 Å². The van der Waals surface area contributed by atoms with E-state index in [1.807, 2.05) is 47.3 Å². The van der Waals surface area contributed by atoms with Gasteiger partial charge in [-0.05, 0) is 35.9 Å². The number of pyridine rings is 1. The van der Waals surface area contributed by atoms with Crippen LogP contribution in [-0.2, 0) is 17.9 Å². The molecule has 0 amide bonds. The van der Waals surface area contributed by atoms with Crippen LogP contribution in [0.1, 0.15) is 21.6 Å². The summed E-state index contributed by atoms with van der Waals surface area (Å²) in [7, 11) is 0. The second-order valence-corrected chi connectivity index (χ2v) is 4.80. The van der Waals surface area contributed by atoms with Gasteiger partial charge in [0.15, 0.2) is 0 Å². The van der Waals surface area contributed by atoms with Crippen molar-refractivity contribution in [2.75, 3.05) is 0 Å². The van der Waals surface area contributed by atoms with Crippen molar-refractivity contribution < 1.29 is 9.53 Å². The van der Waals surface area contributed by atoms with Gasteiger partial charge < -0.3 is 4.74 Å². The van der Waals surface area contributed by atoms with Crippen molar-refractivity contribution in [3.05, 3.63) is 83.9 Å². The maximum atomic E-state index is 12.0. The molecule has 0 aliphatic rings. The summed E-state index contributed by atoms with van der Waals surface area (Å²) in [6, 6.07) is 14.7. The van der Waals surface area contributed by atoms with E-state index >= 15 is 0 Å². The number of carbonyl (C=O) groups excluding carboxylic acids is 1. The van der Waals surface area contributed by atoms with E-state index in [0.717, 1.165) is 11.3 Å². The lowest BCUT2D eigenvalue weighted by molar-refractivity contribution is 0.0468. The Balaban J connectivity index is 1.59. The fraction of sp³-hybridized carbons (Fsp3) is 0.118. The second-order valence-electron chi connectivity index (χ2n) is 4.80. The molecule has 0 saturated carbocycles. The van der Waals surface area contributed by atoms with E-state index in [-0.39, 0.29) is 12.6 Å². The maximum Gasteiger partial charge on any atom is 0.338 e. The highest BCUT2D eigenvalue weighted by Crippen LogP contribution is 2.08. The van der Waals surface area contributed by atoms with Crippen molar-refractivity contribution in [1.82, 2.24) is 14.8 Å². The van der Waals surface area contributed by atoms with Gasteiger partial charge in [-0.3, -0.25) is 9.67 Å². The summed E-state index contributed by atoms with van der Waals surface area (Å²) >= 11 is 0. The fourth-order valence-electron chi connectivity index (χ4n) is 2.03. The van der Waals surface area contributed by atoms with Crippen LogP contribution in [0.2, 0.25) is 0 Å². The van der Waals surface area contributed by atoms with E-state index in [2.05, 4.69) is 10.1 Å². The summed E-state index contributed by atoms with van der Waals surface area (Å²) < 4.78 is 7.07. The van der Waals surface area contributed by atoms with Crippen molar-refractivity contribution >= 4 is 5.97 Å². The number of rotatable bonds is 5. The van der Waals surface area contributed by atoms with Gasteiger partial charge in [-0.15, -0.1) is 0 Å². The Morgan fingerprint density at radius 3 is 2.59 bits per heavy atom. The molecular weight excluding hydrogens is 278 g/mol.